The fourth-order valence-corrected chi connectivity index (χ4v) is 3.41. The normalized spacial score (nSPS) is 23.7. The number of carbonyl (C=O) groups excluding carboxylic acids is 1. The Bertz CT molecular complexity index is 562. The minimum absolute atomic E-state index is 0.120. The van der Waals surface area contributed by atoms with Crippen LogP contribution < -0.4 is 4.74 Å². The summed E-state index contributed by atoms with van der Waals surface area (Å²) in [5.41, 5.74) is 2.14. The standard InChI is InChI=1S/C17H23NO3/c1-17(2,3)21-16(19)18-10-11-5-8-15(18)14-9-12(20-4)6-7-13(11)14/h6-7,9,11,15H,5,8,10H2,1-4H3. The maximum atomic E-state index is 12.4. The van der Waals surface area contributed by atoms with Crippen LogP contribution in [-0.4, -0.2) is 30.2 Å². The van der Waals surface area contributed by atoms with Gasteiger partial charge in [-0.2, -0.15) is 0 Å². The molecule has 0 aromatic heterocycles. The van der Waals surface area contributed by atoms with Crippen molar-refractivity contribution in [2.45, 2.75) is 51.2 Å². The van der Waals surface area contributed by atoms with Gasteiger partial charge in [0.25, 0.3) is 0 Å². The summed E-state index contributed by atoms with van der Waals surface area (Å²) in [5, 5.41) is 0. The number of benzene rings is 1. The van der Waals surface area contributed by atoms with Crippen LogP contribution in [0.25, 0.3) is 0 Å². The molecular formula is C17H23NO3. The molecule has 1 amide bonds. The van der Waals surface area contributed by atoms with E-state index < -0.39 is 5.60 Å². The zero-order chi connectivity index (χ0) is 15.2. The van der Waals surface area contributed by atoms with E-state index >= 15 is 0 Å². The molecule has 1 aliphatic carbocycles. The van der Waals surface area contributed by atoms with Crippen LogP contribution in [-0.2, 0) is 4.74 Å². The molecule has 4 rings (SSSR count). The van der Waals surface area contributed by atoms with E-state index in [-0.39, 0.29) is 12.1 Å². The first kappa shape index (κ1) is 14.2. The highest BCUT2D eigenvalue weighted by Gasteiger charge is 2.42. The lowest BCUT2D eigenvalue weighted by atomic mass is 9.75. The SMILES string of the molecule is COc1ccc2c(c1)C1CCC2CN1C(=O)OC(C)(C)C. The van der Waals surface area contributed by atoms with Gasteiger partial charge in [-0.25, -0.2) is 4.79 Å². The molecule has 0 saturated carbocycles. The first-order valence-electron chi connectivity index (χ1n) is 7.56. The Kier molecular flexibility index (Phi) is 3.34. The zero-order valence-corrected chi connectivity index (χ0v) is 13.2. The van der Waals surface area contributed by atoms with Crippen molar-refractivity contribution in [1.82, 2.24) is 4.90 Å². The van der Waals surface area contributed by atoms with Crippen LogP contribution >= 0.6 is 0 Å². The summed E-state index contributed by atoms with van der Waals surface area (Å²) in [6, 6.07) is 6.35. The molecule has 21 heavy (non-hydrogen) atoms. The fraction of sp³-hybridized carbons (Fsp3) is 0.588. The van der Waals surface area contributed by atoms with E-state index in [1.807, 2.05) is 31.7 Å². The van der Waals surface area contributed by atoms with E-state index in [0.29, 0.717) is 5.92 Å². The lowest BCUT2D eigenvalue weighted by Gasteiger charge is -2.46. The van der Waals surface area contributed by atoms with E-state index in [4.69, 9.17) is 9.47 Å². The Morgan fingerprint density at radius 2 is 2.00 bits per heavy atom. The molecule has 2 aliphatic heterocycles. The van der Waals surface area contributed by atoms with E-state index in [1.165, 1.54) is 11.1 Å². The van der Waals surface area contributed by atoms with Gasteiger partial charge >= 0.3 is 6.09 Å². The summed E-state index contributed by atoms with van der Waals surface area (Å²) in [4.78, 5) is 14.3. The summed E-state index contributed by atoms with van der Waals surface area (Å²) in [6.45, 7) is 6.48. The molecule has 1 saturated heterocycles. The molecule has 0 N–H and O–H groups in total. The average molecular weight is 289 g/mol. The third-order valence-electron chi connectivity index (χ3n) is 4.30. The van der Waals surface area contributed by atoms with Gasteiger partial charge in [-0.15, -0.1) is 0 Å². The van der Waals surface area contributed by atoms with Gasteiger partial charge in [0.15, 0.2) is 0 Å². The largest absolute Gasteiger partial charge is 0.497 e. The molecule has 114 valence electrons. The molecule has 2 heterocycles. The minimum atomic E-state index is -0.453. The van der Waals surface area contributed by atoms with Gasteiger partial charge in [-0.3, -0.25) is 0 Å². The first-order valence-corrected chi connectivity index (χ1v) is 7.56. The zero-order valence-electron chi connectivity index (χ0n) is 13.2. The molecule has 0 spiro atoms. The van der Waals surface area contributed by atoms with Crippen molar-refractivity contribution < 1.29 is 14.3 Å². The number of rotatable bonds is 1. The van der Waals surface area contributed by atoms with Gasteiger partial charge in [0.1, 0.15) is 11.4 Å². The molecule has 1 fully saturated rings. The monoisotopic (exact) mass is 289 g/mol. The predicted octanol–water partition coefficient (Wildman–Crippen LogP) is 3.86. The van der Waals surface area contributed by atoms with E-state index in [9.17, 15) is 4.79 Å². The predicted molar refractivity (Wildman–Crippen MR) is 80.7 cm³/mol. The van der Waals surface area contributed by atoms with Crippen molar-refractivity contribution in [1.29, 1.82) is 0 Å². The summed E-state index contributed by atoms with van der Waals surface area (Å²) >= 11 is 0. The lowest BCUT2D eigenvalue weighted by molar-refractivity contribution is 0.00320. The van der Waals surface area contributed by atoms with Crippen LogP contribution in [0.1, 0.15) is 56.7 Å². The van der Waals surface area contributed by atoms with Crippen LogP contribution in [0.3, 0.4) is 0 Å². The van der Waals surface area contributed by atoms with E-state index in [0.717, 1.165) is 25.1 Å². The molecule has 4 heteroatoms. The Hall–Kier alpha value is -1.71. The maximum absolute atomic E-state index is 12.4. The number of fused-ring (bicyclic) bond motifs is 2. The number of amides is 1. The molecule has 4 nitrogen and oxygen atoms in total. The topological polar surface area (TPSA) is 38.8 Å². The Morgan fingerprint density at radius 1 is 1.24 bits per heavy atom. The van der Waals surface area contributed by atoms with Crippen LogP contribution in [0.2, 0.25) is 0 Å². The number of methoxy groups -OCH3 is 1. The summed E-state index contributed by atoms with van der Waals surface area (Å²) < 4.78 is 10.9. The number of piperidine rings is 1. The smallest absolute Gasteiger partial charge is 0.410 e. The van der Waals surface area contributed by atoms with E-state index in [2.05, 4.69) is 12.1 Å². The molecule has 2 atom stereocenters. The second-order valence-electron chi connectivity index (χ2n) is 6.92. The van der Waals surface area contributed by atoms with Gasteiger partial charge in [-0.05, 0) is 56.9 Å². The highest BCUT2D eigenvalue weighted by atomic mass is 16.6. The lowest BCUT2D eigenvalue weighted by Crippen LogP contribution is -2.47. The van der Waals surface area contributed by atoms with Crippen molar-refractivity contribution >= 4 is 6.09 Å². The molecule has 2 bridgehead atoms. The molecule has 1 aromatic rings. The highest BCUT2D eigenvalue weighted by molar-refractivity contribution is 5.70. The summed E-state index contributed by atoms with van der Waals surface area (Å²) in [7, 11) is 1.68. The molecule has 3 aliphatic rings. The molecular weight excluding hydrogens is 266 g/mol. The number of nitrogens with zero attached hydrogens (tertiary/aromatic N) is 1. The number of carbonyl (C=O) groups is 1. The van der Waals surface area contributed by atoms with Crippen LogP contribution in [0.4, 0.5) is 4.79 Å². The Balaban J connectivity index is 1.90. The van der Waals surface area contributed by atoms with Crippen molar-refractivity contribution in [2.24, 2.45) is 0 Å². The number of ether oxygens (including phenoxy) is 2. The first-order chi connectivity index (χ1) is 9.89. The Morgan fingerprint density at radius 3 is 2.67 bits per heavy atom. The second kappa shape index (κ2) is 4.93. The summed E-state index contributed by atoms with van der Waals surface area (Å²) in [6.07, 6.45) is 1.94. The van der Waals surface area contributed by atoms with Gasteiger partial charge in [0.05, 0.1) is 13.2 Å². The van der Waals surface area contributed by atoms with Crippen LogP contribution in [0.15, 0.2) is 18.2 Å². The minimum Gasteiger partial charge on any atom is -0.497 e. The van der Waals surface area contributed by atoms with Crippen molar-refractivity contribution in [3.63, 3.8) is 0 Å². The van der Waals surface area contributed by atoms with Gasteiger partial charge in [0.2, 0.25) is 0 Å². The Labute approximate surface area is 126 Å². The third kappa shape index (κ3) is 2.59. The van der Waals surface area contributed by atoms with Crippen LogP contribution in [0.5, 0.6) is 5.75 Å². The van der Waals surface area contributed by atoms with Crippen molar-refractivity contribution in [3.8, 4) is 5.75 Å². The van der Waals surface area contributed by atoms with Crippen molar-refractivity contribution in [3.05, 3.63) is 29.3 Å². The second-order valence-corrected chi connectivity index (χ2v) is 6.92. The van der Waals surface area contributed by atoms with Gasteiger partial charge in [0, 0.05) is 12.5 Å². The average Bonchev–Trinajstić information content (AvgIpc) is 2.45. The molecule has 0 radical (unpaired) electrons. The van der Waals surface area contributed by atoms with E-state index in [1.54, 1.807) is 7.11 Å². The van der Waals surface area contributed by atoms with Gasteiger partial charge < -0.3 is 14.4 Å². The fourth-order valence-electron chi connectivity index (χ4n) is 3.41. The molecule has 2 unspecified atom stereocenters. The van der Waals surface area contributed by atoms with Crippen molar-refractivity contribution in [2.75, 3.05) is 13.7 Å². The summed E-state index contributed by atoms with van der Waals surface area (Å²) in [5.74, 6) is 1.27. The third-order valence-corrected chi connectivity index (χ3v) is 4.30. The van der Waals surface area contributed by atoms with Gasteiger partial charge in [-0.1, -0.05) is 6.07 Å². The highest BCUT2D eigenvalue weighted by Crippen LogP contribution is 2.48. The molecule has 1 aromatic carbocycles. The quantitative estimate of drug-likeness (QED) is 0.788. The maximum Gasteiger partial charge on any atom is 0.410 e. The number of hydrogen-bond donors (Lipinski definition) is 0. The number of hydrogen-bond acceptors (Lipinski definition) is 3. The van der Waals surface area contributed by atoms with Crippen LogP contribution in [0, 0.1) is 0 Å².